The molecule has 0 saturated heterocycles. The average Bonchev–Trinajstić information content (AvgIpc) is 2.01. The van der Waals surface area contributed by atoms with Crippen molar-refractivity contribution in [2.24, 2.45) is 5.41 Å². The molecule has 0 radical (unpaired) electrons. The molecular weight excluding hydrogens is 148 g/mol. The molecule has 0 aromatic heterocycles. The number of unbranched alkanes of at least 4 members (excludes halogenated alkanes) is 1. The predicted molar refractivity (Wildman–Crippen MR) is 49.7 cm³/mol. The van der Waals surface area contributed by atoms with Gasteiger partial charge in [0.05, 0.1) is 6.07 Å². The van der Waals surface area contributed by atoms with Crippen LogP contribution >= 0.6 is 0 Å². The molecule has 1 N–H and O–H groups in total. The molecule has 1 rings (SSSR count). The van der Waals surface area contributed by atoms with Gasteiger partial charge < -0.3 is 5.32 Å². The maximum Gasteiger partial charge on any atom is 0.0622 e. The summed E-state index contributed by atoms with van der Waals surface area (Å²) in [7, 11) is 0. The van der Waals surface area contributed by atoms with E-state index in [0.29, 0.717) is 11.8 Å². The zero-order valence-corrected chi connectivity index (χ0v) is 7.90. The summed E-state index contributed by atoms with van der Waals surface area (Å²) in [4.78, 5) is 0. The van der Waals surface area contributed by atoms with Gasteiger partial charge in [-0.3, -0.25) is 0 Å². The highest BCUT2D eigenvalue weighted by molar-refractivity contribution is 4.85. The number of hydrogen-bond donors (Lipinski definition) is 1. The highest BCUT2D eigenvalue weighted by Gasteiger charge is 2.30. The molecule has 68 valence electrons. The Morgan fingerprint density at radius 2 is 2.25 bits per heavy atom. The van der Waals surface area contributed by atoms with Crippen LogP contribution in [0.5, 0.6) is 0 Å². The van der Waals surface area contributed by atoms with E-state index in [4.69, 9.17) is 5.26 Å². The van der Waals surface area contributed by atoms with Gasteiger partial charge in [0.15, 0.2) is 0 Å². The molecule has 0 atom stereocenters. The lowest BCUT2D eigenvalue weighted by molar-refractivity contribution is 0.157. The van der Waals surface area contributed by atoms with Crippen LogP contribution in [0.1, 0.15) is 39.0 Å². The molecule has 0 aliphatic heterocycles. The molecule has 1 aliphatic carbocycles. The summed E-state index contributed by atoms with van der Waals surface area (Å²) in [6.45, 7) is 4.48. The second-order valence-electron chi connectivity index (χ2n) is 4.10. The lowest BCUT2D eigenvalue weighted by Crippen LogP contribution is -2.37. The van der Waals surface area contributed by atoms with Gasteiger partial charge in [-0.15, -0.1) is 0 Å². The van der Waals surface area contributed by atoms with Crippen molar-refractivity contribution in [3.05, 3.63) is 0 Å². The van der Waals surface area contributed by atoms with Gasteiger partial charge in [0.2, 0.25) is 0 Å². The largest absolute Gasteiger partial charge is 0.316 e. The first-order valence-corrected chi connectivity index (χ1v) is 4.84. The first kappa shape index (κ1) is 9.54. The molecule has 1 saturated carbocycles. The fourth-order valence-corrected chi connectivity index (χ4v) is 1.64. The molecule has 0 unspecified atom stereocenters. The third-order valence-corrected chi connectivity index (χ3v) is 2.75. The molecule has 0 aromatic carbocycles. The third-order valence-electron chi connectivity index (χ3n) is 2.75. The smallest absolute Gasteiger partial charge is 0.0622 e. The minimum atomic E-state index is 0.576. The quantitative estimate of drug-likeness (QED) is 0.635. The number of nitriles is 1. The van der Waals surface area contributed by atoms with Crippen LogP contribution in [0.4, 0.5) is 0 Å². The third kappa shape index (κ3) is 2.83. The lowest BCUT2D eigenvalue weighted by Gasteiger charge is -2.38. The number of rotatable bonds is 5. The Morgan fingerprint density at radius 3 is 2.75 bits per heavy atom. The van der Waals surface area contributed by atoms with E-state index in [1.807, 2.05) is 0 Å². The van der Waals surface area contributed by atoms with Crippen LogP contribution in [0, 0.1) is 16.7 Å². The number of hydrogen-bond acceptors (Lipinski definition) is 2. The van der Waals surface area contributed by atoms with Crippen LogP contribution in [0.2, 0.25) is 0 Å². The van der Waals surface area contributed by atoms with Gasteiger partial charge >= 0.3 is 0 Å². The maximum atomic E-state index is 8.31. The first-order valence-electron chi connectivity index (χ1n) is 4.84. The molecule has 0 amide bonds. The molecule has 1 fully saturated rings. The van der Waals surface area contributed by atoms with Crippen molar-refractivity contribution < 1.29 is 0 Å². The minimum absolute atomic E-state index is 0.576. The van der Waals surface area contributed by atoms with Crippen LogP contribution in [-0.4, -0.2) is 13.1 Å². The van der Waals surface area contributed by atoms with Crippen LogP contribution in [0.3, 0.4) is 0 Å². The van der Waals surface area contributed by atoms with E-state index in [1.54, 1.807) is 0 Å². The fraction of sp³-hybridized carbons (Fsp3) is 0.900. The second-order valence-corrected chi connectivity index (χ2v) is 4.10. The highest BCUT2D eigenvalue weighted by Crippen LogP contribution is 2.39. The van der Waals surface area contributed by atoms with Gasteiger partial charge in [-0.1, -0.05) is 13.3 Å². The normalized spacial score (nSPS) is 19.7. The zero-order chi connectivity index (χ0) is 8.86. The summed E-state index contributed by atoms with van der Waals surface area (Å²) in [5.41, 5.74) is 0.576. The topological polar surface area (TPSA) is 35.8 Å². The maximum absolute atomic E-state index is 8.31. The molecule has 0 aromatic rings. The van der Waals surface area contributed by atoms with Crippen LogP contribution < -0.4 is 5.32 Å². The lowest BCUT2D eigenvalue weighted by atomic mass is 9.70. The fourth-order valence-electron chi connectivity index (χ4n) is 1.64. The molecule has 0 heterocycles. The summed E-state index contributed by atoms with van der Waals surface area (Å²) < 4.78 is 0. The van der Waals surface area contributed by atoms with Crippen molar-refractivity contribution >= 4 is 0 Å². The van der Waals surface area contributed by atoms with Crippen molar-refractivity contribution in [1.82, 2.24) is 5.32 Å². The Hall–Kier alpha value is -0.550. The molecule has 0 bridgehead atoms. The number of nitrogens with one attached hydrogen (secondary N) is 1. The van der Waals surface area contributed by atoms with Crippen molar-refractivity contribution in [2.45, 2.75) is 39.0 Å². The summed E-state index contributed by atoms with van der Waals surface area (Å²) in [6.07, 6.45) is 5.82. The van der Waals surface area contributed by atoms with Crippen LogP contribution in [0.25, 0.3) is 0 Å². The van der Waals surface area contributed by atoms with E-state index in [2.05, 4.69) is 18.3 Å². The Bertz CT molecular complexity index is 165. The SMILES string of the molecule is CC1(CNCCCC#N)CCC1. The predicted octanol–water partition coefficient (Wildman–Crippen LogP) is 2.07. The standard InChI is InChI=1S/C10H18N2/c1-10(5-4-6-10)9-12-8-3-2-7-11/h12H,2-6,8-9H2,1H3. The Kier molecular flexibility index (Phi) is 3.55. The highest BCUT2D eigenvalue weighted by atomic mass is 14.9. The number of nitrogens with zero attached hydrogens (tertiary/aromatic N) is 1. The monoisotopic (exact) mass is 166 g/mol. The van der Waals surface area contributed by atoms with Crippen LogP contribution in [0.15, 0.2) is 0 Å². The molecule has 2 nitrogen and oxygen atoms in total. The molecule has 1 aliphatic rings. The van der Waals surface area contributed by atoms with E-state index < -0.39 is 0 Å². The molecule has 2 heteroatoms. The van der Waals surface area contributed by atoms with Gasteiger partial charge in [-0.2, -0.15) is 5.26 Å². The van der Waals surface area contributed by atoms with E-state index >= 15 is 0 Å². The molecular formula is C10H18N2. The van der Waals surface area contributed by atoms with E-state index in [0.717, 1.165) is 19.5 Å². The zero-order valence-electron chi connectivity index (χ0n) is 7.90. The second kappa shape index (κ2) is 4.47. The summed E-state index contributed by atoms with van der Waals surface area (Å²) in [6, 6.07) is 2.15. The van der Waals surface area contributed by atoms with Crippen molar-refractivity contribution in [2.75, 3.05) is 13.1 Å². The van der Waals surface area contributed by atoms with Gasteiger partial charge in [0, 0.05) is 13.0 Å². The molecule has 12 heavy (non-hydrogen) atoms. The Balaban J connectivity index is 1.92. The van der Waals surface area contributed by atoms with E-state index in [-0.39, 0.29) is 0 Å². The summed E-state index contributed by atoms with van der Waals surface area (Å²) in [5.74, 6) is 0. The van der Waals surface area contributed by atoms with Crippen molar-refractivity contribution in [3.63, 3.8) is 0 Å². The van der Waals surface area contributed by atoms with Gasteiger partial charge in [-0.25, -0.2) is 0 Å². The molecule has 0 spiro atoms. The minimum Gasteiger partial charge on any atom is -0.316 e. The van der Waals surface area contributed by atoms with Gasteiger partial charge in [0.25, 0.3) is 0 Å². The van der Waals surface area contributed by atoms with E-state index in [9.17, 15) is 0 Å². The Labute approximate surface area is 75.0 Å². The van der Waals surface area contributed by atoms with Crippen molar-refractivity contribution in [3.8, 4) is 6.07 Å². The average molecular weight is 166 g/mol. The summed E-state index contributed by atoms with van der Waals surface area (Å²) >= 11 is 0. The van der Waals surface area contributed by atoms with E-state index in [1.165, 1.54) is 19.3 Å². The Morgan fingerprint density at radius 1 is 1.50 bits per heavy atom. The van der Waals surface area contributed by atoms with Gasteiger partial charge in [0.1, 0.15) is 0 Å². The van der Waals surface area contributed by atoms with Crippen LogP contribution in [-0.2, 0) is 0 Å². The first-order chi connectivity index (χ1) is 5.77. The summed E-state index contributed by atoms with van der Waals surface area (Å²) in [5, 5.41) is 11.7. The van der Waals surface area contributed by atoms with Crippen molar-refractivity contribution in [1.29, 1.82) is 5.26 Å². The van der Waals surface area contributed by atoms with Gasteiger partial charge in [-0.05, 0) is 31.2 Å².